The number of likely N-dealkylation sites (tertiary alicyclic amines) is 1. The van der Waals surface area contributed by atoms with Crippen molar-refractivity contribution in [1.82, 2.24) is 15.1 Å². The summed E-state index contributed by atoms with van der Waals surface area (Å²) in [6.07, 6.45) is 3.65. The Morgan fingerprint density at radius 3 is 2.96 bits per heavy atom. The average Bonchev–Trinajstić information content (AvgIpc) is 3.30. The van der Waals surface area contributed by atoms with Crippen LogP contribution in [0.4, 0.5) is 0 Å². The zero-order valence-electron chi connectivity index (χ0n) is 12.8. The second-order valence-corrected chi connectivity index (χ2v) is 8.27. The summed E-state index contributed by atoms with van der Waals surface area (Å²) in [5.74, 6) is 1.85. The number of hydrogen-bond acceptors (Lipinski definition) is 5. The first kappa shape index (κ1) is 15.1. The van der Waals surface area contributed by atoms with E-state index in [0.29, 0.717) is 23.6 Å². The molecular formula is C17H19N3OS2. The van der Waals surface area contributed by atoms with Crippen LogP contribution in [-0.4, -0.2) is 39.3 Å². The van der Waals surface area contributed by atoms with E-state index >= 15 is 0 Å². The predicted molar refractivity (Wildman–Crippen MR) is 92.7 cm³/mol. The number of rotatable bonds is 4. The minimum Gasteiger partial charge on any atom is -0.338 e. The standard InChI is InChI=1S/C17H19N3OS2/c21-16(10-22-17-19-18-11-23-17)20-9-14(12-5-2-1-3-6-12)13-7-4-8-15(13)20/h1-3,5-6,11,13-15H,4,7-10H2/t13-,14-,15+/m1/s1. The molecule has 0 N–H and O–H groups in total. The van der Waals surface area contributed by atoms with Crippen molar-refractivity contribution in [2.75, 3.05) is 12.3 Å². The molecule has 1 aromatic heterocycles. The van der Waals surface area contributed by atoms with Crippen LogP contribution >= 0.6 is 23.1 Å². The number of amides is 1. The largest absolute Gasteiger partial charge is 0.338 e. The van der Waals surface area contributed by atoms with E-state index in [9.17, 15) is 4.79 Å². The molecule has 1 amide bonds. The molecule has 2 fully saturated rings. The maximum Gasteiger partial charge on any atom is 0.233 e. The highest BCUT2D eigenvalue weighted by molar-refractivity contribution is 8.01. The fraction of sp³-hybridized carbons (Fsp3) is 0.471. The van der Waals surface area contributed by atoms with Gasteiger partial charge in [0.2, 0.25) is 5.91 Å². The average molecular weight is 345 g/mol. The van der Waals surface area contributed by atoms with E-state index in [1.807, 2.05) is 0 Å². The van der Waals surface area contributed by atoms with Crippen LogP contribution in [0.5, 0.6) is 0 Å². The van der Waals surface area contributed by atoms with E-state index in [1.165, 1.54) is 41.5 Å². The van der Waals surface area contributed by atoms with Crippen LogP contribution in [0.25, 0.3) is 0 Å². The monoisotopic (exact) mass is 345 g/mol. The molecule has 2 aromatic rings. The van der Waals surface area contributed by atoms with Crippen LogP contribution in [0.1, 0.15) is 30.7 Å². The van der Waals surface area contributed by atoms with E-state index in [0.717, 1.165) is 17.3 Å². The lowest BCUT2D eigenvalue weighted by Crippen LogP contribution is -2.37. The molecule has 120 valence electrons. The van der Waals surface area contributed by atoms with Gasteiger partial charge in [0.15, 0.2) is 4.34 Å². The van der Waals surface area contributed by atoms with E-state index < -0.39 is 0 Å². The van der Waals surface area contributed by atoms with Crippen molar-refractivity contribution in [2.45, 2.75) is 35.6 Å². The van der Waals surface area contributed by atoms with Gasteiger partial charge in [0, 0.05) is 18.5 Å². The lowest BCUT2D eigenvalue weighted by molar-refractivity contribution is -0.129. The summed E-state index contributed by atoms with van der Waals surface area (Å²) in [4.78, 5) is 14.9. The zero-order valence-corrected chi connectivity index (χ0v) is 14.4. The van der Waals surface area contributed by atoms with Crippen LogP contribution in [0.3, 0.4) is 0 Å². The number of fused-ring (bicyclic) bond motifs is 1. The first-order valence-corrected chi connectivity index (χ1v) is 9.93. The summed E-state index contributed by atoms with van der Waals surface area (Å²) < 4.78 is 0.875. The minimum absolute atomic E-state index is 0.250. The van der Waals surface area contributed by atoms with Crippen LogP contribution in [0.2, 0.25) is 0 Å². The number of thioether (sulfide) groups is 1. The highest BCUT2D eigenvalue weighted by atomic mass is 32.2. The van der Waals surface area contributed by atoms with E-state index in [2.05, 4.69) is 45.4 Å². The number of nitrogens with zero attached hydrogens (tertiary/aromatic N) is 3. The lowest BCUT2D eigenvalue weighted by atomic mass is 9.87. The number of carbonyl (C=O) groups is 1. The van der Waals surface area contributed by atoms with Crippen molar-refractivity contribution in [2.24, 2.45) is 5.92 Å². The fourth-order valence-electron chi connectivity index (χ4n) is 4.08. The van der Waals surface area contributed by atoms with Gasteiger partial charge in [0.1, 0.15) is 5.51 Å². The number of hydrogen-bond donors (Lipinski definition) is 0. The van der Waals surface area contributed by atoms with Crippen molar-refractivity contribution in [1.29, 1.82) is 0 Å². The summed E-state index contributed by atoms with van der Waals surface area (Å²) >= 11 is 3.00. The van der Waals surface area contributed by atoms with Gasteiger partial charge in [0.25, 0.3) is 0 Å². The van der Waals surface area contributed by atoms with Crippen LogP contribution < -0.4 is 0 Å². The summed E-state index contributed by atoms with van der Waals surface area (Å²) in [6.45, 7) is 0.870. The summed E-state index contributed by atoms with van der Waals surface area (Å²) in [6, 6.07) is 11.1. The van der Waals surface area contributed by atoms with Crippen molar-refractivity contribution in [3.63, 3.8) is 0 Å². The Bertz CT molecular complexity index is 662. The lowest BCUT2D eigenvalue weighted by Gasteiger charge is -2.23. The Morgan fingerprint density at radius 1 is 1.30 bits per heavy atom. The molecule has 4 nitrogen and oxygen atoms in total. The zero-order chi connectivity index (χ0) is 15.6. The molecule has 2 heterocycles. The van der Waals surface area contributed by atoms with Crippen molar-refractivity contribution < 1.29 is 4.79 Å². The fourth-order valence-corrected chi connectivity index (χ4v) is 5.45. The summed E-state index contributed by atoms with van der Waals surface area (Å²) in [7, 11) is 0. The van der Waals surface area contributed by atoms with Crippen LogP contribution in [-0.2, 0) is 4.79 Å². The Labute approximate surface area is 144 Å². The molecule has 1 saturated heterocycles. The topological polar surface area (TPSA) is 46.1 Å². The van der Waals surface area contributed by atoms with Crippen LogP contribution in [0, 0.1) is 5.92 Å². The molecule has 23 heavy (non-hydrogen) atoms. The first-order valence-electron chi connectivity index (χ1n) is 8.06. The normalized spacial score (nSPS) is 26.4. The highest BCUT2D eigenvalue weighted by Crippen LogP contribution is 2.46. The van der Waals surface area contributed by atoms with Crippen molar-refractivity contribution in [3.05, 3.63) is 41.4 Å². The molecule has 1 aromatic carbocycles. The first-order chi connectivity index (χ1) is 11.3. The molecule has 0 bridgehead atoms. The molecule has 6 heteroatoms. The molecule has 0 spiro atoms. The molecule has 1 aliphatic carbocycles. The second kappa shape index (κ2) is 6.61. The van der Waals surface area contributed by atoms with Gasteiger partial charge in [-0.25, -0.2) is 0 Å². The van der Waals surface area contributed by atoms with Gasteiger partial charge in [-0.05, 0) is 24.3 Å². The smallest absolute Gasteiger partial charge is 0.233 e. The second-order valence-electron chi connectivity index (χ2n) is 6.22. The molecule has 1 aliphatic heterocycles. The minimum atomic E-state index is 0.250. The third-order valence-electron chi connectivity index (χ3n) is 5.05. The van der Waals surface area contributed by atoms with Gasteiger partial charge in [-0.15, -0.1) is 10.2 Å². The molecule has 4 rings (SSSR count). The quantitative estimate of drug-likeness (QED) is 0.797. The van der Waals surface area contributed by atoms with E-state index in [1.54, 1.807) is 5.51 Å². The predicted octanol–water partition coefficient (Wildman–Crippen LogP) is 3.42. The molecular weight excluding hydrogens is 326 g/mol. The van der Waals surface area contributed by atoms with Crippen molar-refractivity contribution >= 4 is 29.0 Å². The third-order valence-corrected chi connectivity index (χ3v) is 6.89. The SMILES string of the molecule is O=C(CSc1nncs1)N1C[C@H](c2ccccc2)[C@H]2CCC[C@@H]21. The Balaban J connectivity index is 1.47. The van der Waals surface area contributed by atoms with Gasteiger partial charge in [-0.3, -0.25) is 4.79 Å². The summed E-state index contributed by atoms with van der Waals surface area (Å²) in [5, 5.41) is 7.83. The Hall–Kier alpha value is -1.40. The van der Waals surface area contributed by atoms with Gasteiger partial charge in [-0.2, -0.15) is 0 Å². The molecule has 0 radical (unpaired) electrons. The van der Waals surface area contributed by atoms with Gasteiger partial charge in [0.05, 0.1) is 5.75 Å². The van der Waals surface area contributed by atoms with Gasteiger partial charge < -0.3 is 4.90 Å². The maximum absolute atomic E-state index is 12.7. The Morgan fingerprint density at radius 2 is 2.17 bits per heavy atom. The van der Waals surface area contributed by atoms with E-state index in [4.69, 9.17) is 0 Å². The third kappa shape index (κ3) is 3.02. The maximum atomic E-state index is 12.7. The van der Waals surface area contributed by atoms with Gasteiger partial charge >= 0.3 is 0 Å². The van der Waals surface area contributed by atoms with E-state index in [-0.39, 0.29) is 5.91 Å². The summed E-state index contributed by atoms with van der Waals surface area (Å²) in [5.41, 5.74) is 3.10. The molecule has 3 atom stereocenters. The highest BCUT2D eigenvalue weighted by Gasteiger charge is 2.46. The number of benzene rings is 1. The molecule has 2 aliphatic rings. The molecule has 0 unspecified atom stereocenters. The van der Waals surface area contributed by atoms with Crippen LogP contribution in [0.15, 0.2) is 40.2 Å². The van der Waals surface area contributed by atoms with Gasteiger partial charge in [-0.1, -0.05) is 59.9 Å². The number of aromatic nitrogens is 2. The molecule has 1 saturated carbocycles. The number of carbonyl (C=O) groups excluding carboxylic acids is 1. The van der Waals surface area contributed by atoms with Crippen molar-refractivity contribution in [3.8, 4) is 0 Å². The Kier molecular flexibility index (Phi) is 4.35.